The van der Waals surface area contributed by atoms with Gasteiger partial charge in [-0.25, -0.2) is 5.01 Å². The van der Waals surface area contributed by atoms with Crippen molar-refractivity contribution >= 4 is 0 Å². The van der Waals surface area contributed by atoms with Crippen molar-refractivity contribution in [3.05, 3.63) is 17.0 Å². The van der Waals surface area contributed by atoms with Gasteiger partial charge in [-0.2, -0.15) is 5.10 Å². The van der Waals surface area contributed by atoms with E-state index in [-0.39, 0.29) is 0 Å². The molecule has 1 fully saturated rings. The predicted molar refractivity (Wildman–Crippen MR) is 60.3 cm³/mol. The van der Waals surface area contributed by atoms with Crippen LogP contribution >= 0.6 is 0 Å². The minimum Gasteiger partial charge on any atom is -0.282 e. The van der Waals surface area contributed by atoms with Gasteiger partial charge < -0.3 is 0 Å². The zero-order valence-electron chi connectivity index (χ0n) is 9.64. The molecule has 2 N–H and O–H groups in total. The summed E-state index contributed by atoms with van der Waals surface area (Å²) >= 11 is 0. The van der Waals surface area contributed by atoms with Crippen molar-refractivity contribution in [2.45, 2.75) is 39.7 Å². The van der Waals surface area contributed by atoms with Crippen molar-refractivity contribution in [1.29, 1.82) is 0 Å². The molecule has 2 heterocycles. The van der Waals surface area contributed by atoms with Gasteiger partial charge in [0.05, 0.1) is 5.69 Å². The van der Waals surface area contributed by atoms with Crippen LogP contribution in [0.2, 0.25) is 0 Å². The summed E-state index contributed by atoms with van der Waals surface area (Å²) in [6.45, 7) is 7.38. The number of hydrogen-bond acceptors (Lipinski definition) is 3. The molecule has 1 saturated heterocycles. The second kappa shape index (κ2) is 4.77. The van der Waals surface area contributed by atoms with Crippen molar-refractivity contribution in [2.75, 3.05) is 13.1 Å². The second-order valence-corrected chi connectivity index (χ2v) is 4.30. The first kappa shape index (κ1) is 10.6. The lowest BCUT2D eigenvalue weighted by Crippen LogP contribution is -2.41. The zero-order valence-corrected chi connectivity index (χ0v) is 9.64. The Kier molecular flexibility index (Phi) is 3.38. The Bertz CT molecular complexity index is 293. The van der Waals surface area contributed by atoms with Crippen molar-refractivity contribution in [2.24, 2.45) is 0 Å². The minimum atomic E-state index is 0.897. The molecule has 4 heteroatoms. The molecule has 0 saturated carbocycles. The Labute approximate surface area is 91.0 Å². The lowest BCUT2D eigenvalue weighted by atomic mass is 10.1. The van der Waals surface area contributed by atoms with Gasteiger partial charge in [0.2, 0.25) is 0 Å². The molecule has 0 bridgehead atoms. The summed E-state index contributed by atoms with van der Waals surface area (Å²) in [6.07, 6.45) is 4.01. The van der Waals surface area contributed by atoms with E-state index in [0.29, 0.717) is 0 Å². The highest BCUT2D eigenvalue weighted by Crippen LogP contribution is 2.10. The first-order valence-electron chi connectivity index (χ1n) is 5.76. The summed E-state index contributed by atoms with van der Waals surface area (Å²) < 4.78 is 0. The number of hydrazine groups is 1. The minimum absolute atomic E-state index is 0.897. The van der Waals surface area contributed by atoms with Crippen LogP contribution in [0.3, 0.4) is 0 Å². The number of rotatable bonds is 3. The fourth-order valence-electron chi connectivity index (χ4n) is 2.08. The molecule has 2 rings (SSSR count). The summed E-state index contributed by atoms with van der Waals surface area (Å²) in [5, 5.41) is 9.54. The van der Waals surface area contributed by atoms with Gasteiger partial charge in [0.1, 0.15) is 0 Å². The third-order valence-electron chi connectivity index (χ3n) is 3.12. The van der Waals surface area contributed by atoms with Crippen LogP contribution in [0.1, 0.15) is 36.2 Å². The maximum Gasteiger partial charge on any atom is 0.0639 e. The number of aryl methyl sites for hydroxylation is 2. The smallest absolute Gasteiger partial charge is 0.0639 e. The molecule has 1 aromatic heterocycles. The number of piperidine rings is 1. The average Bonchev–Trinajstić information content (AvgIpc) is 2.58. The van der Waals surface area contributed by atoms with Crippen LogP contribution in [0.5, 0.6) is 0 Å². The Balaban J connectivity index is 1.87. The molecule has 0 unspecified atom stereocenters. The number of hydrogen-bond donors (Lipinski definition) is 2. The maximum absolute atomic E-state index is 4.20. The van der Waals surface area contributed by atoms with E-state index in [1.165, 1.54) is 43.6 Å². The summed E-state index contributed by atoms with van der Waals surface area (Å²) in [6, 6.07) is 0. The third kappa shape index (κ3) is 2.58. The van der Waals surface area contributed by atoms with Gasteiger partial charge in [-0.3, -0.25) is 10.5 Å². The normalized spacial score (nSPS) is 18.3. The van der Waals surface area contributed by atoms with Gasteiger partial charge in [0, 0.05) is 30.9 Å². The molecule has 0 aromatic carbocycles. The number of aromatic amines is 1. The summed E-state index contributed by atoms with van der Waals surface area (Å²) in [4.78, 5) is 0. The molecule has 1 aliphatic heterocycles. The highest BCUT2D eigenvalue weighted by molar-refractivity contribution is 5.22. The van der Waals surface area contributed by atoms with E-state index in [4.69, 9.17) is 0 Å². The Morgan fingerprint density at radius 3 is 2.60 bits per heavy atom. The van der Waals surface area contributed by atoms with E-state index >= 15 is 0 Å². The third-order valence-corrected chi connectivity index (χ3v) is 3.12. The first-order chi connectivity index (χ1) is 7.27. The van der Waals surface area contributed by atoms with Crippen LogP contribution in [0.15, 0.2) is 0 Å². The monoisotopic (exact) mass is 208 g/mol. The molecule has 15 heavy (non-hydrogen) atoms. The SMILES string of the molecule is Cc1n[nH]c(C)c1CNN1CCCCC1. The lowest BCUT2D eigenvalue weighted by molar-refractivity contribution is 0.151. The van der Waals surface area contributed by atoms with E-state index < -0.39 is 0 Å². The van der Waals surface area contributed by atoms with Crippen molar-refractivity contribution in [3.63, 3.8) is 0 Å². The number of nitrogens with zero attached hydrogens (tertiary/aromatic N) is 2. The van der Waals surface area contributed by atoms with Gasteiger partial charge in [-0.05, 0) is 26.7 Å². The summed E-state index contributed by atoms with van der Waals surface area (Å²) in [5.41, 5.74) is 7.07. The first-order valence-corrected chi connectivity index (χ1v) is 5.76. The molecule has 84 valence electrons. The quantitative estimate of drug-likeness (QED) is 0.791. The molecule has 0 amide bonds. The standard InChI is InChI=1S/C11H20N4/c1-9-11(10(2)14-13-9)8-12-15-6-4-3-5-7-15/h12H,3-8H2,1-2H3,(H,13,14). The topological polar surface area (TPSA) is 44.0 Å². The van der Waals surface area contributed by atoms with E-state index in [1.54, 1.807) is 0 Å². The molecule has 4 nitrogen and oxygen atoms in total. The number of aromatic nitrogens is 2. The van der Waals surface area contributed by atoms with E-state index in [2.05, 4.69) is 34.5 Å². The maximum atomic E-state index is 4.20. The van der Waals surface area contributed by atoms with Gasteiger partial charge >= 0.3 is 0 Å². The summed E-state index contributed by atoms with van der Waals surface area (Å²) in [5.74, 6) is 0. The van der Waals surface area contributed by atoms with Crippen LogP contribution < -0.4 is 5.43 Å². The van der Waals surface area contributed by atoms with E-state index in [1.807, 2.05) is 0 Å². The van der Waals surface area contributed by atoms with Crippen molar-refractivity contribution < 1.29 is 0 Å². The molecule has 0 spiro atoms. The molecule has 1 aromatic rings. The fraction of sp³-hybridized carbons (Fsp3) is 0.727. The number of H-pyrrole nitrogens is 1. The molecule has 1 aliphatic rings. The number of nitrogens with one attached hydrogen (secondary N) is 2. The fourth-order valence-corrected chi connectivity index (χ4v) is 2.08. The van der Waals surface area contributed by atoms with Crippen LogP contribution in [0.25, 0.3) is 0 Å². The van der Waals surface area contributed by atoms with Crippen LogP contribution in [0.4, 0.5) is 0 Å². The summed E-state index contributed by atoms with van der Waals surface area (Å²) in [7, 11) is 0. The van der Waals surface area contributed by atoms with Crippen molar-refractivity contribution in [3.8, 4) is 0 Å². The van der Waals surface area contributed by atoms with Crippen LogP contribution in [-0.2, 0) is 6.54 Å². The zero-order chi connectivity index (χ0) is 10.7. The van der Waals surface area contributed by atoms with Gasteiger partial charge in [0.25, 0.3) is 0 Å². The second-order valence-electron chi connectivity index (χ2n) is 4.30. The highest BCUT2D eigenvalue weighted by Gasteiger charge is 2.11. The molecule has 0 radical (unpaired) electrons. The molecule has 0 atom stereocenters. The van der Waals surface area contributed by atoms with Crippen LogP contribution in [-0.4, -0.2) is 28.3 Å². The predicted octanol–water partition coefficient (Wildman–Crippen LogP) is 1.52. The largest absolute Gasteiger partial charge is 0.282 e. The Hall–Kier alpha value is -0.870. The Morgan fingerprint density at radius 1 is 1.27 bits per heavy atom. The van der Waals surface area contributed by atoms with Gasteiger partial charge in [-0.15, -0.1) is 0 Å². The van der Waals surface area contributed by atoms with Gasteiger partial charge in [0.15, 0.2) is 0 Å². The average molecular weight is 208 g/mol. The lowest BCUT2D eigenvalue weighted by Gasteiger charge is -2.27. The van der Waals surface area contributed by atoms with E-state index in [0.717, 1.165) is 12.2 Å². The Morgan fingerprint density at radius 2 is 2.00 bits per heavy atom. The van der Waals surface area contributed by atoms with Gasteiger partial charge in [-0.1, -0.05) is 6.42 Å². The highest BCUT2D eigenvalue weighted by atomic mass is 15.5. The van der Waals surface area contributed by atoms with Crippen LogP contribution in [0, 0.1) is 13.8 Å². The molecular weight excluding hydrogens is 188 g/mol. The van der Waals surface area contributed by atoms with E-state index in [9.17, 15) is 0 Å². The molecular formula is C11H20N4. The van der Waals surface area contributed by atoms with Crippen molar-refractivity contribution in [1.82, 2.24) is 20.6 Å². The molecule has 0 aliphatic carbocycles.